The third-order valence-electron chi connectivity index (χ3n) is 3.83. The lowest BCUT2D eigenvalue weighted by Crippen LogP contribution is -2.40. The standard InChI is InChI=1S/C15H19FO2/c1-18-15(10-6-2-3-7-11-15)14(17)12-8-4-5-9-13(12)16/h4-5,8-9H,2-3,6-7,10-11H2,1H3. The lowest BCUT2D eigenvalue weighted by atomic mass is 9.85. The van der Waals surface area contributed by atoms with Crippen molar-refractivity contribution in [3.8, 4) is 0 Å². The van der Waals surface area contributed by atoms with E-state index in [9.17, 15) is 9.18 Å². The van der Waals surface area contributed by atoms with Crippen LogP contribution in [0, 0.1) is 5.82 Å². The molecule has 0 unspecified atom stereocenters. The minimum absolute atomic E-state index is 0.154. The molecule has 3 heteroatoms. The molecule has 0 aliphatic heterocycles. The first-order chi connectivity index (χ1) is 8.69. The molecule has 0 aromatic heterocycles. The molecule has 2 nitrogen and oxygen atoms in total. The lowest BCUT2D eigenvalue weighted by Gasteiger charge is -2.29. The molecular formula is C15H19FO2. The molecule has 0 spiro atoms. The van der Waals surface area contributed by atoms with Gasteiger partial charge < -0.3 is 4.74 Å². The Kier molecular flexibility index (Phi) is 4.12. The maximum Gasteiger partial charge on any atom is 0.197 e. The Morgan fingerprint density at radius 3 is 2.33 bits per heavy atom. The molecule has 18 heavy (non-hydrogen) atoms. The van der Waals surface area contributed by atoms with E-state index < -0.39 is 11.4 Å². The van der Waals surface area contributed by atoms with Crippen LogP contribution in [0.2, 0.25) is 0 Å². The van der Waals surface area contributed by atoms with Crippen LogP contribution in [0.15, 0.2) is 24.3 Å². The Hall–Kier alpha value is -1.22. The second kappa shape index (κ2) is 5.61. The van der Waals surface area contributed by atoms with Crippen molar-refractivity contribution in [2.45, 2.75) is 44.1 Å². The van der Waals surface area contributed by atoms with Crippen LogP contribution in [0.5, 0.6) is 0 Å². The highest BCUT2D eigenvalue weighted by atomic mass is 19.1. The minimum Gasteiger partial charge on any atom is -0.370 e. The molecule has 0 N–H and O–H groups in total. The van der Waals surface area contributed by atoms with E-state index in [0.29, 0.717) is 12.8 Å². The third-order valence-corrected chi connectivity index (χ3v) is 3.83. The van der Waals surface area contributed by atoms with Gasteiger partial charge in [-0.3, -0.25) is 4.79 Å². The van der Waals surface area contributed by atoms with Gasteiger partial charge in [-0.25, -0.2) is 4.39 Å². The molecule has 1 aromatic rings. The number of hydrogen-bond acceptors (Lipinski definition) is 2. The van der Waals surface area contributed by atoms with E-state index in [1.54, 1.807) is 25.3 Å². The van der Waals surface area contributed by atoms with Gasteiger partial charge in [0.1, 0.15) is 11.4 Å². The van der Waals surface area contributed by atoms with Crippen molar-refractivity contribution in [3.05, 3.63) is 35.6 Å². The molecule has 0 heterocycles. The summed E-state index contributed by atoms with van der Waals surface area (Å²) in [5.41, 5.74) is -0.667. The van der Waals surface area contributed by atoms with E-state index in [1.165, 1.54) is 6.07 Å². The average Bonchev–Trinajstić information content (AvgIpc) is 2.65. The number of carbonyl (C=O) groups excluding carboxylic acids is 1. The fraction of sp³-hybridized carbons (Fsp3) is 0.533. The van der Waals surface area contributed by atoms with Gasteiger partial charge in [-0.1, -0.05) is 37.8 Å². The first-order valence-electron chi connectivity index (χ1n) is 6.54. The number of methoxy groups -OCH3 is 1. The van der Waals surface area contributed by atoms with Gasteiger partial charge in [-0.2, -0.15) is 0 Å². The van der Waals surface area contributed by atoms with Crippen LogP contribution in [0.4, 0.5) is 4.39 Å². The maximum absolute atomic E-state index is 13.7. The number of benzene rings is 1. The van der Waals surface area contributed by atoms with Gasteiger partial charge in [0.15, 0.2) is 5.78 Å². The van der Waals surface area contributed by atoms with E-state index in [4.69, 9.17) is 4.74 Å². The summed E-state index contributed by atoms with van der Waals surface area (Å²) >= 11 is 0. The molecule has 1 aliphatic rings. The molecule has 0 amide bonds. The van der Waals surface area contributed by atoms with Gasteiger partial charge in [-0.15, -0.1) is 0 Å². The Morgan fingerprint density at radius 2 is 1.78 bits per heavy atom. The number of halogens is 1. The molecule has 1 aromatic carbocycles. The molecule has 0 radical (unpaired) electrons. The predicted molar refractivity (Wildman–Crippen MR) is 68.2 cm³/mol. The average molecular weight is 250 g/mol. The summed E-state index contributed by atoms with van der Waals surface area (Å²) < 4.78 is 19.2. The third kappa shape index (κ3) is 2.46. The molecule has 1 aliphatic carbocycles. The summed E-state index contributed by atoms with van der Waals surface area (Å²) in [5.74, 6) is -0.659. The quantitative estimate of drug-likeness (QED) is 0.603. The van der Waals surface area contributed by atoms with Crippen molar-refractivity contribution < 1.29 is 13.9 Å². The van der Waals surface area contributed by atoms with E-state index in [0.717, 1.165) is 25.7 Å². The Bertz CT molecular complexity index is 420. The molecule has 2 rings (SSSR count). The number of carbonyl (C=O) groups is 1. The van der Waals surface area contributed by atoms with Gasteiger partial charge in [0.25, 0.3) is 0 Å². The fourth-order valence-corrected chi connectivity index (χ4v) is 2.71. The number of rotatable bonds is 3. The van der Waals surface area contributed by atoms with E-state index >= 15 is 0 Å². The summed E-state index contributed by atoms with van der Waals surface area (Å²) in [4.78, 5) is 12.6. The van der Waals surface area contributed by atoms with E-state index in [1.807, 2.05) is 0 Å². The van der Waals surface area contributed by atoms with Gasteiger partial charge >= 0.3 is 0 Å². The Morgan fingerprint density at radius 1 is 1.17 bits per heavy atom. The summed E-state index contributed by atoms with van der Waals surface area (Å²) in [6.45, 7) is 0. The number of ether oxygens (including phenoxy) is 1. The summed E-state index contributed by atoms with van der Waals surface area (Å²) in [7, 11) is 1.56. The number of Topliss-reactive ketones (excluding diaryl/α,β-unsaturated/α-hetero) is 1. The SMILES string of the molecule is COC1(C(=O)c2ccccc2F)CCCCCC1. The topological polar surface area (TPSA) is 26.3 Å². The number of ketones is 1. The van der Waals surface area contributed by atoms with Crippen LogP contribution in [-0.4, -0.2) is 18.5 Å². The van der Waals surface area contributed by atoms with Crippen molar-refractivity contribution in [2.24, 2.45) is 0 Å². The molecule has 1 fully saturated rings. The molecule has 0 saturated heterocycles. The minimum atomic E-state index is -0.821. The molecule has 0 atom stereocenters. The normalized spacial score (nSPS) is 19.2. The molecule has 0 bridgehead atoms. The molecular weight excluding hydrogens is 231 g/mol. The van der Waals surface area contributed by atoms with Gasteiger partial charge in [0.2, 0.25) is 0 Å². The summed E-state index contributed by atoms with van der Waals surface area (Å²) in [6, 6.07) is 6.16. The van der Waals surface area contributed by atoms with Crippen molar-refractivity contribution in [1.82, 2.24) is 0 Å². The first-order valence-corrected chi connectivity index (χ1v) is 6.54. The number of hydrogen-bond donors (Lipinski definition) is 0. The van der Waals surface area contributed by atoms with Crippen LogP contribution >= 0.6 is 0 Å². The zero-order chi connectivity index (χ0) is 13.0. The van der Waals surface area contributed by atoms with Gasteiger partial charge in [0, 0.05) is 7.11 Å². The van der Waals surface area contributed by atoms with Crippen molar-refractivity contribution in [2.75, 3.05) is 7.11 Å². The monoisotopic (exact) mass is 250 g/mol. The van der Waals surface area contributed by atoms with Gasteiger partial charge in [0.05, 0.1) is 5.56 Å². The summed E-state index contributed by atoms with van der Waals surface area (Å²) in [5, 5.41) is 0. The van der Waals surface area contributed by atoms with Crippen LogP contribution in [-0.2, 0) is 4.74 Å². The van der Waals surface area contributed by atoms with Crippen molar-refractivity contribution in [3.63, 3.8) is 0 Å². The summed E-state index contributed by atoms with van der Waals surface area (Å²) in [6.07, 6.45) is 5.56. The Balaban J connectivity index is 2.32. The largest absolute Gasteiger partial charge is 0.370 e. The van der Waals surface area contributed by atoms with Crippen molar-refractivity contribution in [1.29, 1.82) is 0 Å². The lowest BCUT2D eigenvalue weighted by molar-refractivity contribution is -0.00722. The first kappa shape index (κ1) is 13.2. The van der Waals surface area contributed by atoms with E-state index in [2.05, 4.69) is 0 Å². The zero-order valence-corrected chi connectivity index (χ0v) is 10.7. The van der Waals surface area contributed by atoms with Crippen LogP contribution < -0.4 is 0 Å². The van der Waals surface area contributed by atoms with Crippen molar-refractivity contribution >= 4 is 5.78 Å². The second-order valence-corrected chi connectivity index (χ2v) is 4.92. The van der Waals surface area contributed by atoms with Gasteiger partial charge in [-0.05, 0) is 25.0 Å². The fourth-order valence-electron chi connectivity index (χ4n) is 2.71. The van der Waals surface area contributed by atoms with Crippen LogP contribution in [0.25, 0.3) is 0 Å². The highest BCUT2D eigenvalue weighted by Gasteiger charge is 2.39. The highest BCUT2D eigenvalue weighted by molar-refractivity contribution is 6.02. The maximum atomic E-state index is 13.7. The smallest absolute Gasteiger partial charge is 0.197 e. The second-order valence-electron chi connectivity index (χ2n) is 4.92. The van der Waals surface area contributed by atoms with E-state index in [-0.39, 0.29) is 11.3 Å². The van der Waals surface area contributed by atoms with Crippen LogP contribution in [0.3, 0.4) is 0 Å². The molecule has 1 saturated carbocycles. The molecule has 98 valence electrons. The Labute approximate surface area is 107 Å². The predicted octanol–water partition coefficient (Wildman–Crippen LogP) is 3.75. The highest BCUT2D eigenvalue weighted by Crippen LogP contribution is 2.33. The zero-order valence-electron chi connectivity index (χ0n) is 10.7. The van der Waals surface area contributed by atoms with Crippen LogP contribution in [0.1, 0.15) is 48.9 Å².